The maximum atomic E-state index is 13.1. The van der Waals surface area contributed by atoms with Crippen LogP contribution in [-0.2, 0) is 65.4 Å². The molecule has 0 saturated heterocycles. The Kier molecular flexibility index (Phi) is 72.1. The number of carbonyl (C=O) groups excluding carboxylic acids is 4. The van der Waals surface area contributed by atoms with Gasteiger partial charge >= 0.3 is 39.5 Å². The molecule has 0 aliphatic rings. The Bertz CT molecular complexity index is 2080. The molecule has 0 aliphatic carbocycles. The van der Waals surface area contributed by atoms with Crippen molar-refractivity contribution in [2.24, 2.45) is 0 Å². The third-order valence-electron chi connectivity index (χ3n) is 17.8. The maximum Gasteiger partial charge on any atom is 0.472 e. The lowest BCUT2D eigenvalue weighted by molar-refractivity contribution is -0.161. The fraction of sp³-hybridized carbons (Fsp3) is 0.852. The molecule has 0 aromatic heterocycles. The highest BCUT2D eigenvalue weighted by atomic mass is 31.2. The Labute approximate surface area is 610 Å². The molecule has 0 radical (unpaired) electrons. The van der Waals surface area contributed by atoms with E-state index in [1.165, 1.54) is 212 Å². The number of allylic oxidation sites excluding steroid dienone is 8. The first-order valence-electron chi connectivity index (χ1n) is 40.9. The largest absolute Gasteiger partial charge is 0.472 e. The summed E-state index contributed by atoms with van der Waals surface area (Å²) in [6.07, 6.45) is 72.3. The number of hydrogen-bond acceptors (Lipinski definition) is 15. The lowest BCUT2D eigenvalue weighted by atomic mass is 10.0. The number of aliphatic hydroxyl groups is 1. The van der Waals surface area contributed by atoms with Gasteiger partial charge in [0.25, 0.3) is 0 Å². The van der Waals surface area contributed by atoms with Crippen LogP contribution in [0, 0.1) is 0 Å². The van der Waals surface area contributed by atoms with Gasteiger partial charge < -0.3 is 33.8 Å². The molecule has 5 atom stereocenters. The molecule has 0 fully saturated rings. The molecule has 0 heterocycles. The summed E-state index contributed by atoms with van der Waals surface area (Å²) >= 11 is 0. The van der Waals surface area contributed by atoms with Crippen LogP contribution in [0.2, 0.25) is 0 Å². The van der Waals surface area contributed by atoms with Crippen molar-refractivity contribution in [3.05, 3.63) is 48.6 Å². The number of rotatable bonds is 78. The number of ether oxygens (including phenoxy) is 4. The summed E-state index contributed by atoms with van der Waals surface area (Å²) in [5.74, 6) is -2.19. The van der Waals surface area contributed by atoms with Crippen LogP contribution in [0.15, 0.2) is 48.6 Å². The van der Waals surface area contributed by atoms with Gasteiger partial charge in [0.2, 0.25) is 0 Å². The van der Waals surface area contributed by atoms with Gasteiger partial charge in [-0.15, -0.1) is 0 Å². The van der Waals surface area contributed by atoms with E-state index in [-0.39, 0.29) is 25.7 Å². The molecule has 19 heteroatoms. The Hall–Kier alpha value is -2.98. The normalized spacial score (nSPS) is 14.1. The summed E-state index contributed by atoms with van der Waals surface area (Å²) < 4.78 is 68.6. The first-order valence-corrected chi connectivity index (χ1v) is 43.9. The Morgan fingerprint density at radius 1 is 0.280 bits per heavy atom. The minimum atomic E-state index is -4.98. The third kappa shape index (κ3) is 73.3. The molecule has 3 N–H and O–H groups in total. The second-order valence-corrected chi connectivity index (χ2v) is 30.6. The van der Waals surface area contributed by atoms with Crippen LogP contribution in [0.1, 0.15) is 387 Å². The Balaban J connectivity index is 5.34. The number of carbonyl (C=O) groups is 4. The fourth-order valence-electron chi connectivity index (χ4n) is 11.6. The van der Waals surface area contributed by atoms with Gasteiger partial charge in [0.15, 0.2) is 12.2 Å². The fourth-order valence-corrected chi connectivity index (χ4v) is 13.1. The van der Waals surface area contributed by atoms with Gasteiger partial charge in [0.05, 0.1) is 26.4 Å². The van der Waals surface area contributed by atoms with E-state index in [1.807, 2.05) is 12.2 Å². The van der Waals surface area contributed by atoms with Crippen molar-refractivity contribution < 1.29 is 80.2 Å². The van der Waals surface area contributed by atoms with E-state index in [9.17, 15) is 43.2 Å². The number of phosphoric acid groups is 2. The second kappa shape index (κ2) is 74.3. The van der Waals surface area contributed by atoms with Gasteiger partial charge in [-0.1, -0.05) is 346 Å². The van der Waals surface area contributed by atoms with Crippen LogP contribution < -0.4 is 0 Å². The monoisotopic (exact) mass is 1460 g/mol. The average molecular weight is 1460 g/mol. The number of unbranched alkanes of at least 4 members (excludes halogenated alkanes) is 44. The van der Waals surface area contributed by atoms with Crippen molar-refractivity contribution in [3.8, 4) is 0 Å². The van der Waals surface area contributed by atoms with E-state index in [0.717, 1.165) is 89.9 Å². The maximum absolute atomic E-state index is 13.1. The molecule has 0 aromatic carbocycles. The minimum Gasteiger partial charge on any atom is -0.462 e. The highest BCUT2D eigenvalue weighted by molar-refractivity contribution is 7.47. The van der Waals surface area contributed by atoms with E-state index >= 15 is 0 Å². The van der Waals surface area contributed by atoms with Crippen LogP contribution in [-0.4, -0.2) is 96.7 Å². The molecule has 0 rings (SSSR count). The van der Waals surface area contributed by atoms with Gasteiger partial charge in [0.1, 0.15) is 19.3 Å². The van der Waals surface area contributed by atoms with Crippen molar-refractivity contribution in [1.82, 2.24) is 0 Å². The van der Waals surface area contributed by atoms with Crippen LogP contribution in [0.3, 0.4) is 0 Å². The van der Waals surface area contributed by atoms with Gasteiger partial charge in [-0.05, 0) is 64.2 Å². The van der Waals surface area contributed by atoms with Crippen molar-refractivity contribution in [2.75, 3.05) is 39.6 Å². The first kappa shape index (κ1) is 97.0. The molecule has 0 amide bonds. The highest BCUT2D eigenvalue weighted by Crippen LogP contribution is 2.45. The Morgan fingerprint density at radius 2 is 0.500 bits per heavy atom. The predicted octanol–water partition coefficient (Wildman–Crippen LogP) is 23.7. The van der Waals surface area contributed by atoms with Gasteiger partial charge in [-0.2, -0.15) is 0 Å². The standard InChI is InChI=1S/C81H150O17P2/c1-5-9-13-17-21-25-29-33-35-37-39-43-46-50-54-58-62-66-79(84)92-72-77(98-81(86)68-64-60-56-52-48-44-40-38-36-34-30-26-22-18-14-10-6-2)74-96-100(89,90)94-70-75(82)69-93-99(87,88)95-73-76(97-80(85)67-63-59-55-51-47-42-32-28-24-20-16-12-8-4)71-91-78(83)65-61-57-53-49-45-41-31-27-23-19-15-11-7-3/h22,26,34,36,40,44,52,56,75-77,82H,5-21,23-25,27-33,35,37-39,41-43,45-51,53-55,57-74H2,1-4H3,(H,87,88)(H,89,90)/b26-22-,36-34-,44-40-,56-52-/t75-,76+,77+/m0/s1. The second-order valence-electron chi connectivity index (χ2n) is 27.7. The molecule has 100 heavy (non-hydrogen) atoms. The van der Waals surface area contributed by atoms with Crippen molar-refractivity contribution in [1.29, 1.82) is 0 Å². The average Bonchev–Trinajstić information content (AvgIpc) is 0.939. The van der Waals surface area contributed by atoms with E-state index in [4.69, 9.17) is 37.0 Å². The molecule has 0 aliphatic heterocycles. The van der Waals surface area contributed by atoms with Gasteiger partial charge in [-0.3, -0.25) is 37.3 Å². The summed E-state index contributed by atoms with van der Waals surface area (Å²) in [6, 6.07) is 0. The number of aliphatic hydroxyl groups excluding tert-OH is 1. The zero-order chi connectivity index (χ0) is 73.2. The lowest BCUT2D eigenvalue weighted by Gasteiger charge is -2.21. The molecular formula is C81H150O17P2. The van der Waals surface area contributed by atoms with Crippen LogP contribution in [0.4, 0.5) is 0 Å². The van der Waals surface area contributed by atoms with Crippen LogP contribution in [0.25, 0.3) is 0 Å². The summed E-state index contributed by atoms with van der Waals surface area (Å²) in [5.41, 5.74) is 0. The van der Waals surface area contributed by atoms with E-state index in [2.05, 4.69) is 64.2 Å². The molecule has 0 saturated carbocycles. The lowest BCUT2D eigenvalue weighted by Crippen LogP contribution is -2.30. The first-order chi connectivity index (χ1) is 48.7. The minimum absolute atomic E-state index is 0.0258. The topological polar surface area (TPSA) is 237 Å². The summed E-state index contributed by atoms with van der Waals surface area (Å²) in [4.78, 5) is 73.0. The van der Waals surface area contributed by atoms with E-state index in [0.29, 0.717) is 32.1 Å². The summed E-state index contributed by atoms with van der Waals surface area (Å²) in [6.45, 7) is 4.88. The summed E-state index contributed by atoms with van der Waals surface area (Å²) in [7, 11) is -9.95. The molecule has 0 aromatic rings. The number of hydrogen-bond donors (Lipinski definition) is 3. The zero-order valence-corrected chi connectivity index (χ0v) is 65.9. The molecule has 17 nitrogen and oxygen atoms in total. The van der Waals surface area contributed by atoms with Gasteiger partial charge in [0, 0.05) is 25.7 Å². The number of phosphoric ester groups is 2. The number of esters is 4. The molecule has 0 spiro atoms. The quantitative estimate of drug-likeness (QED) is 0.0169. The van der Waals surface area contributed by atoms with Crippen LogP contribution >= 0.6 is 15.6 Å². The van der Waals surface area contributed by atoms with Crippen molar-refractivity contribution in [3.63, 3.8) is 0 Å². The molecule has 586 valence electrons. The third-order valence-corrected chi connectivity index (χ3v) is 19.7. The van der Waals surface area contributed by atoms with Crippen LogP contribution in [0.5, 0.6) is 0 Å². The highest BCUT2D eigenvalue weighted by Gasteiger charge is 2.30. The van der Waals surface area contributed by atoms with Crippen molar-refractivity contribution >= 4 is 39.5 Å². The van der Waals surface area contributed by atoms with E-state index < -0.39 is 97.5 Å². The molecule has 0 bridgehead atoms. The van der Waals surface area contributed by atoms with Crippen molar-refractivity contribution in [2.45, 2.75) is 406 Å². The zero-order valence-electron chi connectivity index (χ0n) is 64.1. The predicted molar refractivity (Wildman–Crippen MR) is 409 cm³/mol. The molecular weight excluding hydrogens is 1310 g/mol. The molecule has 2 unspecified atom stereocenters. The van der Waals surface area contributed by atoms with E-state index in [1.54, 1.807) is 0 Å². The van der Waals surface area contributed by atoms with Gasteiger partial charge in [-0.25, -0.2) is 9.13 Å². The summed E-state index contributed by atoms with van der Waals surface area (Å²) in [5, 5.41) is 10.6. The Morgan fingerprint density at radius 3 is 0.790 bits per heavy atom. The smallest absolute Gasteiger partial charge is 0.462 e. The SMILES string of the molecule is CCCCC/C=C\C/C=C\C/C=C\C/C=C\CCCC(=O)O[C@H](COC(=O)CCCCCCCCCCCCCCCCCCC)COP(=O)(O)OC[C@@H](O)COP(=O)(O)OC[C@@H](COC(=O)CCCCCCCCCCCCCCC)OC(=O)CCCCCCCCCCCCCCC.